The van der Waals surface area contributed by atoms with E-state index in [2.05, 4.69) is 21.4 Å². The lowest BCUT2D eigenvalue weighted by molar-refractivity contribution is 0.246. The summed E-state index contributed by atoms with van der Waals surface area (Å²) in [6.45, 7) is 0.640. The van der Waals surface area contributed by atoms with Crippen LogP contribution in [0.15, 0.2) is 30.3 Å². The summed E-state index contributed by atoms with van der Waals surface area (Å²) >= 11 is 5.82. The normalized spacial score (nSPS) is 16.8. The summed E-state index contributed by atoms with van der Waals surface area (Å²) in [5.41, 5.74) is 6.77. The molecule has 5 nitrogen and oxygen atoms in total. The maximum atomic E-state index is 5.82. The van der Waals surface area contributed by atoms with Crippen LogP contribution in [-0.4, -0.2) is 22.6 Å². The molecule has 1 unspecified atom stereocenters. The largest absolute Gasteiger partial charge is 0.488 e. The van der Waals surface area contributed by atoms with Gasteiger partial charge < -0.3 is 15.8 Å². The van der Waals surface area contributed by atoms with Gasteiger partial charge in [0, 0.05) is 12.5 Å². The zero-order valence-electron chi connectivity index (χ0n) is 10.1. The molecule has 0 amide bonds. The number of nitrogens with one attached hydrogen (secondary N) is 1. The van der Waals surface area contributed by atoms with Crippen LogP contribution in [0.3, 0.4) is 0 Å². The van der Waals surface area contributed by atoms with Crippen molar-refractivity contribution < 1.29 is 4.74 Å². The van der Waals surface area contributed by atoms with Crippen LogP contribution in [0.5, 0.6) is 5.75 Å². The Hall–Kier alpha value is -2.01. The van der Waals surface area contributed by atoms with Gasteiger partial charge in [0.25, 0.3) is 0 Å². The number of anilines is 2. The van der Waals surface area contributed by atoms with Gasteiger partial charge in [0.15, 0.2) is 0 Å². The molecule has 1 aliphatic rings. The van der Waals surface area contributed by atoms with E-state index in [1.165, 1.54) is 5.56 Å². The Morgan fingerprint density at radius 3 is 3.00 bits per heavy atom. The molecule has 3 N–H and O–H groups in total. The van der Waals surface area contributed by atoms with Crippen LogP contribution in [0.4, 0.5) is 11.8 Å². The van der Waals surface area contributed by atoms with Gasteiger partial charge in [0.2, 0.25) is 5.95 Å². The zero-order chi connectivity index (χ0) is 13.2. The van der Waals surface area contributed by atoms with Gasteiger partial charge >= 0.3 is 0 Å². The summed E-state index contributed by atoms with van der Waals surface area (Å²) in [5, 5.41) is 3.49. The number of halogens is 1. The molecule has 98 valence electrons. The molecule has 19 heavy (non-hydrogen) atoms. The molecular formula is C13H13ClN4O. The van der Waals surface area contributed by atoms with Gasteiger partial charge in [-0.25, -0.2) is 4.98 Å². The lowest BCUT2D eigenvalue weighted by atomic mass is 10.1. The summed E-state index contributed by atoms with van der Waals surface area (Å²) in [6, 6.07) is 9.69. The first-order valence-corrected chi connectivity index (χ1v) is 6.37. The van der Waals surface area contributed by atoms with Crippen molar-refractivity contribution in [1.29, 1.82) is 0 Å². The number of ether oxygens (including phenoxy) is 1. The molecule has 2 heterocycles. The van der Waals surface area contributed by atoms with Crippen molar-refractivity contribution in [3.05, 3.63) is 41.0 Å². The SMILES string of the molecule is Nc1nc(Cl)cc(NCC2Cc3ccccc3O2)n1. The minimum absolute atomic E-state index is 0.0902. The van der Waals surface area contributed by atoms with E-state index in [-0.39, 0.29) is 12.1 Å². The molecule has 0 saturated heterocycles. The van der Waals surface area contributed by atoms with Crippen molar-refractivity contribution in [1.82, 2.24) is 9.97 Å². The second-order valence-electron chi connectivity index (χ2n) is 4.37. The number of hydrogen-bond acceptors (Lipinski definition) is 5. The lowest BCUT2D eigenvalue weighted by Crippen LogP contribution is -2.24. The summed E-state index contributed by atoms with van der Waals surface area (Å²) in [4.78, 5) is 7.87. The highest BCUT2D eigenvalue weighted by Crippen LogP contribution is 2.28. The first-order valence-electron chi connectivity index (χ1n) is 5.99. The summed E-state index contributed by atoms with van der Waals surface area (Å²) in [7, 11) is 0. The Kier molecular flexibility index (Phi) is 3.13. The number of benzene rings is 1. The number of nitrogen functional groups attached to an aromatic ring is 1. The molecule has 0 aliphatic carbocycles. The topological polar surface area (TPSA) is 73.1 Å². The van der Waals surface area contributed by atoms with Gasteiger partial charge in [0.1, 0.15) is 22.8 Å². The van der Waals surface area contributed by atoms with Crippen molar-refractivity contribution in [2.75, 3.05) is 17.6 Å². The number of rotatable bonds is 3. The van der Waals surface area contributed by atoms with E-state index in [4.69, 9.17) is 22.1 Å². The van der Waals surface area contributed by atoms with Crippen LogP contribution >= 0.6 is 11.6 Å². The van der Waals surface area contributed by atoms with E-state index in [0.717, 1.165) is 12.2 Å². The fraction of sp³-hybridized carbons (Fsp3) is 0.231. The predicted molar refractivity (Wildman–Crippen MR) is 74.5 cm³/mol. The molecule has 1 aromatic carbocycles. The number of para-hydroxylation sites is 1. The van der Waals surface area contributed by atoms with Crippen molar-refractivity contribution in [2.45, 2.75) is 12.5 Å². The Morgan fingerprint density at radius 2 is 2.21 bits per heavy atom. The van der Waals surface area contributed by atoms with E-state index >= 15 is 0 Å². The second-order valence-corrected chi connectivity index (χ2v) is 4.75. The zero-order valence-corrected chi connectivity index (χ0v) is 10.9. The first-order chi connectivity index (χ1) is 9.20. The van der Waals surface area contributed by atoms with Crippen LogP contribution in [-0.2, 0) is 6.42 Å². The molecule has 0 radical (unpaired) electrons. The lowest BCUT2D eigenvalue weighted by Gasteiger charge is -2.12. The highest BCUT2D eigenvalue weighted by molar-refractivity contribution is 6.29. The van der Waals surface area contributed by atoms with Crippen LogP contribution in [0.25, 0.3) is 0 Å². The van der Waals surface area contributed by atoms with Gasteiger partial charge in [-0.2, -0.15) is 4.98 Å². The minimum atomic E-state index is 0.0902. The van der Waals surface area contributed by atoms with E-state index in [0.29, 0.717) is 17.5 Å². The van der Waals surface area contributed by atoms with Gasteiger partial charge in [-0.3, -0.25) is 0 Å². The van der Waals surface area contributed by atoms with Gasteiger partial charge in [0.05, 0.1) is 6.54 Å². The maximum absolute atomic E-state index is 5.82. The number of nitrogens with two attached hydrogens (primary N) is 1. The highest BCUT2D eigenvalue weighted by atomic mass is 35.5. The number of hydrogen-bond donors (Lipinski definition) is 2. The fourth-order valence-electron chi connectivity index (χ4n) is 2.11. The quantitative estimate of drug-likeness (QED) is 0.840. The van der Waals surface area contributed by atoms with Crippen molar-refractivity contribution in [3.8, 4) is 5.75 Å². The summed E-state index contributed by atoms with van der Waals surface area (Å²) in [6.07, 6.45) is 0.977. The Balaban J connectivity index is 1.62. The monoisotopic (exact) mass is 276 g/mol. The van der Waals surface area contributed by atoms with Crippen LogP contribution in [0.1, 0.15) is 5.56 Å². The van der Waals surface area contributed by atoms with E-state index in [1.807, 2.05) is 18.2 Å². The highest BCUT2D eigenvalue weighted by Gasteiger charge is 2.22. The van der Waals surface area contributed by atoms with Crippen LogP contribution in [0.2, 0.25) is 5.15 Å². The molecule has 3 rings (SSSR count). The van der Waals surface area contributed by atoms with Gasteiger partial charge in [-0.15, -0.1) is 0 Å². The maximum Gasteiger partial charge on any atom is 0.223 e. The molecule has 0 bridgehead atoms. The standard InChI is InChI=1S/C13H13ClN4O/c14-11-6-12(18-13(15)17-11)16-7-9-5-8-3-1-2-4-10(8)19-9/h1-4,6,9H,5,7H2,(H3,15,16,17,18). The second kappa shape index (κ2) is 4.93. The molecule has 2 aromatic rings. The van der Waals surface area contributed by atoms with E-state index in [1.54, 1.807) is 6.07 Å². The first kappa shape index (κ1) is 12.0. The van der Waals surface area contributed by atoms with E-state index < -0.39 is 0 Å². The number of aromatic nitrogens is 2. The number of fused-ring (bicyclic) bond motifs is 1. The summed E-state index contributed by atoms with van der Waals surface area (Å²) in [5.74, 6) is 1.72. The third-order valence-corrected chi connectivity index (χ3v) is 3.13. The molecule has 0 saturated carbocycles. The minimum Gasteiger partial charge on any atom is -0.488 e. The van der Waals surface area contributed by atoms with Crippen LogP contribution < -0.4 is 15.8 Å². The molecule has 0 fully saturated rings. The third-order valence-electron chi connectivity index (χ3n) is 2.94. The van der Waals surface area contributed by atoms with E-state index in [9.17, 15) is 0 Å². The molecule has 1 aliphatic heterocycles. The van der Waals surface area contributed by atoms with Crippen molar-refractivity contribution in [2.24, 2.45) is 0 Å². The van der Waals surface area contributed by atoms with Gasteiger partial charge in [-0.05, 0) is 11.6 Å². The molecular weight excluding hydrogens is 264 g/mol. The molecule has 6 heteroatoms. The van der Waals surface area contributed by atoms with Crippen LogP contribution in [0, 0.1) is 0 Å². The Bertz CT molecular complexity index is 560. The van der Waals surface area contributed by atoms with Gasteiger partial charge in [-0.1, -0.05) is 29.8 Å². The molecule has 1 aromatic heterocycles. The fourth-order valence-corrected chi connectivity index (χ4v) is 2.30. The van der Waals surface area contributed by atoms with Crippen molar-refractivity contribution >= 4 is 23.4 Å². The Labute approximate surface area is 115 Å². The molecule has 1 atom stereocenters. The van der Waals surface area contributed by atoms with Crippen molar-refractivity contribution in [3.63, 3.8) is 0 Å². The third kappa shape index (κ3) is 2.71. The predicted octanol–water partition coefficient (Wildman–Crippen LogP) is 2.13. The number of nitrogens with zero attached hydrogens (tertiary/aromatic N) is 2. The average Bonchev–Trinajstić information content (AvgIpc) is 2.78. The summed E-state index contributed by atoms with van der Waals surface area (Å²) < 4.78 is 5.82. The molecule has 0 spiro atoms. The smallest absolute Gasteiger partial charge is 0.223 e. The average molecular weight is 277 g/mol. The Morgan fingerprint density at radius 1 is 1.37 bits per heavy atom.